The van der Waals surface area contributed by atoms with Crippen LogP contribution in [-0.2, 0) is 4.74 Å². The van der Waals surface area contributed by atoms with Crippen LogP contribution in [0, 0.1) is 0 Å². The molecule has 0 saturated carbocycles. The van der Waals surface area contributed by atoms with E-state index in [1.807, 2.05) is 0 Å². The summed E-state index contributed by atoms with van der Waals surface area (Å²) < 4.78 is 43.3. The summed E-state index contributed by atoms with van der Waals surface area (Å²) in [6, 6.07) is 5.35. The third-order valence-corrected chi connectivity index (χ3v) is 5.09. The van der Waals surface area contributed by atoms with E-state index in [2.05, 4.69) is 0 Å². The average molecular weight is 417 g/mol. The number of thioether (sulfide) groups is 1. The van der Waals surface area contributed by atoms with Crippen molar-refractivity contribution in [2.45, 2.75) is 42.8 Å². The number of rotatable bonds is 2. The minimum absolute atomic E-state index is 0.0260. The van der Waals surface area contributed by atoms with Gasteiger partial charge in [0.2, 0.25) is 0 Å². The van der Waals surface area contributed by atoms with E-state index < -0.39 is 17.2 Å². The highest BCUT2D eigenvalue weighted by molar-refractivity contribution is 8.00. The molecule has 10 heteroatoms. The van der Waals surface area contributed by atoms with Gasteiger partial charge in [0.05, 0.1) is 6.04 Å². The number of piperazine rings is 1. The topological polar surface area (TPSA) is 53.1 Å². The summed E-state index contributed by atoms with van der Waals surface area (Å²) in [5, 5.41) is 0. The second-order valence-electron chi connectivity index (χ2n) is 7.71. The van der Waals surface area contributed by atoms with Gasteiger partial charge in [-0.05, 0) is 50.7 Å². The number of benzene rings is 1. The minimum Gasteiger partial charge on any atom is -0.444 e. The zero-order chi connectivity index (χ0) is 20.7. The van der Waals surface area contributed by atoms with Gasteiger partial charge >= 0.3 is 17.6 Å². The van der Waals surface area contributed by atoms with Crippen LogP contribution in [0.3, 0.4) is 0 Å². The van der Waals surface area contributed by atoms with Gasteiger partial charge < -0.3 is 14.5 Å². The Morgan fingerprint density at radius 1 is 1.18 bits per heavy atom. The molecule has 1 aromatic carbocycles. The Labute approximate surface area is 165 Å². The van der Waals surface area contributed by atoms with Crippen LogP contribution in [0.15, 0.2) is 29.2 Å². The molecule has 2 aliphatic rings. The number of carbonyl (C=O) groups excluding carboxylic acids is 2. The maximum atomic E-state index is 12.7. The number of urea groups is 1. The van der Waals surface area contributed by atoms with Crippen molar-refractivity contribution in [3.05, 3.63) is 24.3 Å². The van der Waals surface area contributed by atoms with Crippen LogP contribution in [-0.4, -0.2) is 65.3 Å². The van der Waals surface area contributed by atoms with E-state index in [9.17, 15) is 22.8 Å². The van der Waals surface area contributed by atoms with E-state index in [4.69, 9.17) is 4.74 Å². The molecule has 1 atom stereocenters. The van der Waals surface area contributed by atoms with Crippen LogP contribution >= 0.6 is 11.8 Å². The van der Waals surface area contributed by atoms with E-state index >= 15 is 0 Å². The molecule has 2 aliphatic heterocycles. The zero-order valence-electron chi connectivity index (χ0n) is 15.8. The third kappa shape index (κ3) is 4.84. The number of carbonyl (C=O) groups is 2. The summed E-state index contributed by atoms with van der Waals surface area (Å²) in [6.07, 6.45) is -0.429. The lowest BCUT2D eigenvalue weighted by Crippen LogP contribution is -2.54. The molecule has 0 radical (unpaired) electrons. The first kappa shape index (κ1) is 20.6. The van der Waals surface area contributed by atoms with Crippen LogP contribution in [0.5, 0.6) is 0 Å². The second kappa shape index (κ2) is 7.38. The molecule has 2 saturated heterocycles. The van der Waals surface area contributed by atoms with Crippen LogP contribution in [0.2, 0.25) is 0 Å². The van der Waals surface area contributed by atoms with E-state index in [0.717, 1.165) is 0 Å². The largest absolute Gasteiger partial charge is 0.446 e. The monoisotopic (exact) mass is 417 g/mol. The van der Waals surface area contributed by atoms with Crippen molar-refractivity contribution < 1.29 is 27.5 Å². The van der Waals surface area contributed by atoms with E-state index in [-0.39, 0.29) is 28.7 Å². The maximum Gasteiger partial charge on any atom is 0.446 e. The molecular formula is C18H22F3N3O3S. The molecule has 3 amide bonds. The van der Waals surface area contributed by atoms with Crippen LogP contribution < -0.4 is 4.90 Å². The fourth-order valence-corrected chi connectivity index (χ4v) is 3.86. The Morgan fingerprint density at radius 3 is 2.54 bits per heavy atom. The fourth-order valence-electron chi connectivity index (χ4n) is 3.26. The van der Waals surface area contributed by atoms with Crippen LogP contribution in [0.4, 0.5) is 28.4 Å². The average Bonchev–Trinajstić information content (AvgIpc) is 2.88. The summed E-state index contributed by atoms with van der Waals surface area (Å²) in [5.74, 6) is 0. The highest BCUT2D eigenvalue weighted by Gasteiger charge is 2.43. The SMILES string of the molecule is CC(C)(C)OC(=O)N1CCN2C(=O)N(c3cccc(SC(F)(F)F)c3)CC2C1. The lowest BCUT2D eigenvalue weighted by atomic mass is 10.2. The van der Waals surface area contributed by atoms with Crippen molar-refractivity contribution in [1.82, 2.24) is 9.80 Å². The summed E-state index contributed by atoms with van der Waals surface area (Å²) in [6.45, 7) is 6.70. The number of fused-ring (bicyclic) bond motifs is 1. The van der Waals surface area contributed by atoms with Gasteiger partial charge in [-0.15, -0.1) is 0 Å². The van der Waals surface area contributed by atoms with Crippen molar-refractivity contribution in [1.29, 1.82) is 0 Å². The van der Waals surface area contributed by atoms with Gasteiger partial charge in [0.25, 0.3) is 0 Å². The predicted molar refractivity (Wildman–Crippen MR) is 99.4 cm³/mol. The van der Waals surface area contributed by atoms with E-state index in [1.165, 1.54) is 23.1 Å². The number of halogens is 3. The number of anilines is 1. The quantitative estimate of drug-likeness (QED) is 0.678. The van der Waals surface area contributed by atoms with Crippen molar-refractivity contribution in [3.63, 3.8) is 0 Å². The number of hydrogen-bond acceptors (Lipinski definition) is 4. The van der Waals surface area contributed by atoms with Crippen LogP contribution in [0.25, 0.3) is 0 Å². The molecular weight excluding hydrogens is 395 g/mol. The van der Waals surface area contributed by atoms with Crippen molar-refractivity contribution in [3.8, 4) is 0 Å². The molecule has 0 N–H and O–H groups in total. The number of ether oxygens (including phenoxy) is 1. The van der Waals surface area contributed by atoms with E-state index in [1.54, 1.807) is 36.6 Å². The maximum absolute atomic E-state index is 12.7. The van der Waals surface area contributed by atoms with Crippen molar-refractivity contribution >= 4 is 29.6 Å². The van der Waals surface area contributed by atoms with Gasteiger partial charge in [-0.2, -0.15) is 13.2 Å². The third-order valence-electron chi connectivity index (χ3n) is 4.37. The highest BCUT2D eigenvalue weighted by atomic mass is 32.2. The number of amides is 3. The van der Waals surface area contributed by atoms with Gasteiger partial charge in [0, 0.05) is 36.8 Å². The fraction of sp³-hybridized carbons (Fsp3) is 0.556. The Hall–Kier alpha value is -2.10. The predicted octanol–water partition coefficient (Wildman–Crippen LogP) is 4.16. The summed E-state index contributed by atoms with van der Waals surface area (Å²) in [5.41, 5.74) is -4.58. The Morgan fingerprint density at radius 2 is 1.89 bits per heavy atom. The lowest BCUT2D eigenvalue weighted by molar-refractivity contribution is -0.0328. The number of hydrogen-bond donors (Lipinski definition) is 0. The first-order valence-electron chi connectivity index (χ1n) is 8.85. The Bertz CT molecular complexity index is 766. The molecule has 2 heterocycles. The molecule has 0 bridgehead atoms. The number of alkyl halides is 3. The molecule has 3 rings (SSSR count). The van der Waals surface area contributed by atoms with Crippen molar-refractivity contribution in [2.75, 3.05) is 31.1 Å². The lowest BCUT2D eigenvalue weighted by Gasteiger charge is -2.36. The standard InChI is InChI=1S/C18H22F3N3O3S/c1-17(2,3)27-16(26)22-7-8-23-13(10-22)11-24(15(23)25)12-5-4-6-14(9-12)28-18(19,20)21/h4-6,9,13H,7-8,10-11H2,1-3H3. The van der Waals surface area contributed by atoms with Gasteiger partial charge in [-0.1, -0.05) is 6.07 Å². The smallest absolute Gasteiger partial charge is 0.444 e. The summed E-state index contributed by atoms with van der Waals surface area (Å²) in [7, 11) is 0. The number of nitrogens with zero attached hydrogens (tertiary/aromatic N) is 3. The molecule has 0 aliphatic carbocycles. The molecule has 1 unspecified atom stereocenters. The molecule has 154 valence electrons. The normalized spacial score (nSPS) is 20.4. The van der Waals surface area contributed by atoms with E-state index in [0.29, 0.717) is 31.9 Å². The molecule has 0 aromatic heterocycles. The first-order valence-corrected chi connectivity index (χ1v) is 9.66. The molecule has 28 heavy (non-hydrogen) atoms. The van der Waals surface area contributed by atoms with Gasteiger partial charge in [0.1, 0.15) is 5.60 Å². The molecule has 0 spiro atoms. The van der Waals surface area contributed by atoms with Gasteiger partial charge in [-0.25, -0.2) is 9.59 Å². The minimum atomic E-state index is -4.39. The Kier molecular flexibility index (Phi) is 5.44. The molecule has 2 fully saturated rings. The second-order valence-corrected chi connectivity index (χ2v) is 8.85. The van der Waals surface area contributed by atoms with Crippen molar-refractivity contribution in [2.24, 2.45) is 0 Å². The highest BCUT2D eigenvalue weighted by Crippen LogP contribution is 2.38. The van der Waals surface area contributed by atoms with Crippen LogP contribution in [0.1, 0.15) is 20.8 Å². The summed E-state index contributed by atoms with van der Waals surface area (Å²) in [4.78, 5) is 29.7. The summed E-state index contributed by atoms with van der Waals surface area (Å²) >= 11 is -0.211. The Balaban J connectivity index is 1.70. The molecule has 6 nitrogen and oxygen atoms in total. The first-order chi connectivity index (χ1) is 12.9. The van der Waals surface area contributed by atoms with Gasteiger partial charge in [0.15, 0.2) is 0 Å². The zero-order valence-corrected chi connectivity index (χ0v) is 16.6. The van der Waals surface area contributed by atoms with Gasteiger partial charge in [-0.3, -0.25) is 4.90 Å². The molecule has 1 aromatic rings.